The lowest BCUT2D eigenvalue weighted by molar-refractivity contribution is 0.688. The Labute approximate surface area is 153 Å². The number of aromatic nitrogens is 1. The lowest BCUT2D eigenvalue weighted by atomic mass is 10.1. The molecule has 0 spiro atoms. The number of rotatable bonds is 8. The van der Waals surface area contributed by atoms with Gasteiger partial charge in [-0.25, -0.2) is 0 Å². The Morgan fingerprint density at radius 2 is 1.96 bits per heavy atom. The second-order valence-corrected chi connectivity index (χ2v) is 6.12. The zero-order valence-electron chi connectivity index (χ0n) is 14.6. The first-order valence-corrected chi connectivity index (χ1v) is 8.63. The summed E-state index contributed by atoms with van der Waals surface area (Å²) in [5, 5.41) is 15.8. The van der Waals surface area contributed by atoms with E-state index in [0.717, 1.165) is 25.1 Å². The summed E-state index contributed by atoms with van der Waals surface area (Å²) in [6, 6.07) is 16.7. The number of hydrogen-bond acceptors (Lipinski definition) is 3. The van der Waals surface area contributed by atoms with Crippen LogP contribution in [-0.2, 0) is 13.0 Å². The highest BCUT2D eigenvalue weighted by Gasteiger charge is 2.02. The van der Waals surface area contributed by atoms with E-state index >= 15 is 0 Å². The molecule has 0 saturated carbocycles. The van der Waals surface area contributed by atoms with Gasteiger partial charge in [0.2, 0.25) is 0 Å². The van der Waals surface area contributed by atoms with E-state index in [-0.39, 0.29) is 0 Å². The van der Waals surface area contributed by atoms with E-state index in [4.69, 9.17) is 5.26 Å². The van der Waals surface area contributed by atoms with Gasteiger partial charge in [-0.15, -0.1) is 0 Å². The molecule has 3 N–H and O–H groups in total. The molecule has 0 unspecified atom stereocenters. The fraction of sp³-hybridized carbons (Fsp3) is 0.136. The molecule has 0 aliphatic heterocycles. The van der Waals surface area contributed by atoms with Crippen molar-refractivity contribution in [2.75, 3.05) is 6.54 Å². The third-order valence-electron chi connectivity index (χ3n) is 4.25. The molecule has 26 heavy (non-hydrogen) atoms. The van der Waals surface area contributed by atoms with Crippen molar-refractivity contribution in [3.8, 4) is 6.19 Å². The number of aromatic amines is 1. The Bertz CT molecular complexity index is 942. The topological polar surface area (TPSA) is 63.6 Å². The van der Waals surface area contributed by atoms with Crippen molar-refractivity contribution in [1.82, 2.24) is 15.6 Å². The lowest BCUT2D eigenvalue weighted by Gasteiger charge is -2.05. The standard InChI is InChI=1S/C22H22N4/c1-17(26-16-23)6-7-18-8-10-19(11-9-18)14-24-13-12-20-15-25-22-5-3-2-4-21(20)22/h2-11,15,24-26H,1,12-14H2/b7-6+. The molecule has 1 aromatic heterocycles. The highest BCUT2D eigenvalue weighted by molar-refractivity contribution is 5.83. The summed E-state index contributed by atoms with van der Waals surface area (Å²) in [7, 11) is 0. The van der Waals surface area contributed by atoms with Crippen LogP contribution in [0.25, 0.3) is 17.0 Å². The second kappa shape index (κ2) is 8.70. The van der Waals surface area contributed by atoms with Crippen LogP contribution in [0.2, 0.25) is 0 Å². The number of hydrogen-bond donors (Lipinski definition) is 3. The number of allylic oxidation sites excluding steroid dienone is 1. The third-order valence-corrected chi connectivity index (χ3v) is 4.25. The fourth-order valence-corrected chi connectivity index (χ4v) is 2.85. The molecule has 0 amide bonds. The number of para-hydroxylation sites is 1. The minimum Gasteiger partial charge on any atom is -0.361 e. The normalized spacial score (nSPS) is 10.9. The highest BCUT2D eigenvalue weighted by atomic mass is 14.9. The molecular weight excluding hydrogens is 320 g/mol. The van der Waals surface area contributed by atoms with Crippen LogP contribution in [-0.4, -0.2) is 11.5 Å². The van der Waals surface area contributed by atoms with Gasteiger partial charge in [0, 0.05) is 29.3 Å². The Morgan fingerprint density at radius 1 is 1.15 bits per heavy atom. The third kappa shape index (κ3) is 4.62. The van der Waals surface area contributed by atoms with Crippen molar-refractivity contribution in [1.29, 1.82) is 5.26 Å². The number of fused-ring (bicyclic) bond motifs is 1. The molecule has 3 rings (SSSR count). The lowest BCUT2D eigenvalue weighted by Crippen LogP contribution is -2.16. The van der Waals surface area contributed by atoms with Crippen LogP contribution in [0, 0.1) is 11.5 Å². The highest BCUT2D eigenvalue weighted by Crippen LogP contribution is 2.17. The SMILES string of the molecule is C=C(/C=C/c1ccc(CNCCc2c[nH]c3ccccc23)cc1)NC#N. The monoisotopic (exact) mass is 342 g/mol. The van der Waals surface area contributed by atoms with Crippen molar-refractivity contribution in [3.63, 3.8) is 0 Å². The van der Waals surface area contributed by atoms with Crippen LogP contribution >= 0.6 is 0 Å². The average molecular weight is 342 g/mol. The van der Waals surface area contributed by atoms with Crippen LogP contribution in [0.5, 0.6) is 0 Å². The maximum Gasteiger partial charge on any atom is 0.181 e. The predicted molar refractivity (Wildman–Crippen MR) is 107 cm³/mol. The van der Waals surface area contributed by atoms with E-state index in [1.807, 2.05) is 12.3 Å². The molecule has 1 heterocycles. The quantitative estimate of drug-likeness (QED) is 0.250. The first kappa shape index (κ1) is 17.5. The molecule has 0 radical (unpaired) electrons. The van der Waals surface area contributed by atoms with Crippen LogP contribution in [0.15, 0.2) is 73.1 Å². The summed E-state index contributed by atoms with van der Waals surface area (Å²) < 4.78 is 0. The zero-order valence-corrected chi connectivity index (χ0v) is 14.6. The molecule has 3 aromatic rings. The summed E-state index contributed by atoms with van der Waals surface area (Å²) in [5.41, 5.74) is 5.44. The van der Waals surface area contributed by atoms with Gasteiger partial charge in [0.1, 0.15) is 0 Å². The van der Waals surface area contributed by atoms with Gasteiger partial charge in [-0.1, -0.05) is 55.1 Å². The van der Waals surface area contributed by atoms with Gasteiger partial charge in [-0.3, -0.25) is 5.32 Å². The predicted octanol–water partition coefficient (Wildman–Crippen LogP) is 4.10. The van der Waals surface area contributed by atoms with Crippen LogP contribution in [0.4, 0.5) is 0 Å². The Hall–Kier alpha value is -3.29. The first-order chi connectivity index (χ1) is 12.8. The second-order valence-electron chi connectivity index (χ2n) is 6.12. The van der Waals surface area contributed by atoms with Crippen molar-refractivity contribution in [2.45, 2.75) is 13.0 Å². The molecule has 0 fully saturated rings. The Morgan fingerprint density at radius 3 is 2.77 bits per heavy atom. The van der Waals surface area contributed by atoms with Crippen molar-refractivity contribution < 1.29 is 0 Å². The van der Waals surface area contributed by atoms with Gasteiger partial charge in [0.05, 0.1) is 0 Å². The molecule has 130 valence electrons. The smallest absolute Gasteiger partial charge is 0.181 e. The van der Waals surface area contributed by atoms with Gasteiger partial charge in [-0.2, -0.15) is 5.26 Å². The minimum atomic E-state index is 0.579. The van der Waals surface area contributed by atoms with Gasteiger partial charge in [-0.05, 0) is 41.8 Å². The van der Waals surface area contributed by atoms with E-state index in [2.05, 4.69) is 76.9 Å². The van der Waals surface area contributed by atoms with Gasteiger partial charge in [0.25, 0.3) is 0 Å². The van der Waals surface area contributed by atoms with Gasteiger partial charge < -0.3 is 10.3 Å². The molecular formula is C22H22N4. The number of nitrogens with zero attached hydrogens (tertiary/aromatic N) is 1. The van der Waals surface area contributed by atoms with E-state index in [0.29, 0.717) is 5.70 Å². The number of nitriles is 1. The molecule has 0 aliphatic carbocycles. The van der Waals surface area contributed by atoms with Crippen LogP contribution < -0.4 is 10.6 Å². The number of nitrogens with one attached hydrogen (secondary N) is 3. The Balaban J connectivity index is 1.46. The van der Waals surface area contributed by atoms with Gasteiger partial charge >= 0.3 is 0 Å². The van der Waals surface area contributed by atoms with E-state index in [9.17, 15) is 0 Å². The van der Waals surface area contributed by atoms with E-state index in [1.54, 1.807) is 6.08 Å². The summed E-state index contributed by atoms with van der Waals surface area (Å²) in [6.07, 6.45) is 8.67. The van der Waals surface area contributed by atoms with Crippen LogP contribution in [0.3, 0.4) is 0 Å². The Kier molecular flexibility index (Phi) is 5.87. The summed E-state index contributed by atoms with van der Waals surface area (Å²) in [6.45, 7) is 5.51. The van der Waals surface area contributed by atoms with E-state index < -0.39 is 0 Å². The van der Waals surface area contributed by atoms with Gasteiger partial charge in [0.15, 0.2) is 6.19 Å². The molecule has 2 aromatic carbocycles. The largest absolute Gasteiger partial charge is 0.361 e. The molecule has 4 heteroatoms. The fourth-order valence-electron chi connectivity index (χ4n) is 2.85. The molecule has 0 atom stereocenters. The summed E-state index contributed by atoms with van der Waals surface area (Å²) in [5.74, 6) is 0. The minimum absolute atomic E-state index is 0.579. The molecule has 0 saturated heterocycles. The van der Waals surface area contributed by atoms with Crippen LogP contribution in [0.1, 0.15) is 16.7 Å². The molecule has 0 bridgehead atoms. The maximum atomic E-state index is 8.52. The molecule has 0 aliphatic rings. The number of H-pyrrole nitrogens is 1. The van der Waals surface area contributed by atoms with E-state index in [1.165, 1.54) is 22.0 Å². The zero-order chi connectivity index (χ0) is 18.2. The summed E-state index contributed by atoms with van der Waals surface area (Å²) in [4.78, 5) is 3.32. The number of benzene rings is 2. The maximum absolute atomic E-state index is 8.52. The summed E-state index contributed by atoms with van der Waals surface area (Å²) >= 11 is 0. The first-order valence-electron chi connectivity index (χ1n) is 8.63. The van der Waals surface area contributed by atoms with Crippen molar-refractivity contribution in [3.05, 3.63) is 89.8 Å². The average Bonchev–Trinajstić information content (AvgIpc) is 3.08. The molecule has 4 nitrogen and oxygen atoms in total. The van der Waals surface area contributed by atoms with Crippen molar-refractivity contribution in [2.24, 2.45) is 0 Å². The van der Waals surface area contributed by atoms with Crippen molar-refractivity contribution >= 4 is 17.0 Å².